The standard InChI is InChI=1S/C19H21N3O5S/c1-19(2,3)21-28(26,27)16-11-9-15(10-12-16)20-18(23)13-8-14-6-4-5-7-17(14)22(24)25/h4-13,21H,1-3H3,(H,20,23). The van der Waals surface area contributed by atoms with Crippen LogP contribution < -0.4 is 10.0 Å². The van der Waals surface area contributed by atoms with Crippen LogP contribution in [0.4, 0.5) is 11.4 Å². The number of carbonyl (C=O) groups is 1. The van der Waals surface area contributed by atoms with E-state index in [1.54, 1.807) is 32.9 Å². The van der Waals surface area contributed by atoms with E-state index in [4.69, 9.17) is 0 Å². The summed E-state index contributed by atoms with van der Waals surface area (Å²) in [5, 5.41) is 13.6. The second-order valence-electron chi connectivity index (χ2n) is 7.02. The number of sulfonamides is 1. The molecule has 0 atom stereocenters. The zero-order valence-electron chi connectivity index (χ0n) is 15.7. The number of nitrogens with zero attached hydrogens (tertiary/aromatic N) is 1. The highest BCUT2D eigenvalue weighted by molar-refractivity contribution is 7.89. The van der Waals surface area contributed by atoms with Gasteiger partial charge in [-0.15, -0.1) is 0 Å². The lowest BCUT2D eigenvalue weighted by molar-refractivity contribution is -0.385. The van der Waals surface area contributed by atoms with Crippen LogP contribution >= 0.6 is 0 Å². The number of anilines is 1. The van der Waals surface area contributed by atoms with Crippen LogP contribution in [0, 0.1) is 10.1 Å². The molecule has 0 aliphatic carbocycles. The summed E-state index contributed by atoms with van der Waals surface area (Å²) in [5.41, 5.74) is -0.0203. The second kappa shape index (κ2) is 8.32. The Bertz CT molecular complexity index is 1010. The van der Waals surface area contributed by atoms with Crippen LogP contribution in [0.25, 0.3) is 6.08 Å². The third kappa shape index (κ3) is 6.00. The number of benzene rings is 2. The first kappa shape index (κ1) is 21.3. The number of hydrogen-bond donors (Lipinski definition) is 2. The largest absolute Gasteiger partial charge is 0.323 e. The molecule has 0 saturated carbocycles. The normalized spacial score (nSPS) is 12.1. The van der Waals surface area contributed by atoms with Crippen LogP contribution in [-0.2, 0) is 14.8 Å². The number of para-hydroxylation sites is 1. The van der Waals surface area contributed by atoms with E-state index in [0.717, 1.165) is 0 Å². The molecule has 0 aliphatic rings. The van der Waals surface area contributed by atoms with Gasteiger partial charge >= 0.3 is 0 Å². The summed E-state index contributed by atoms with van der Waals surface area (Å²) < 4.78 is 27.1. The van der Waals surface area contributed by atoms with Crippen molar-refractivity contribution in [3.8, 4) is 0 Å². The van der Waals surface area contributed by atoms with Gasteiger partial charge in [0.25, 0.3) is 5.69 Å². The minimum absolute atomic E-state index is 0.0795. The molecule has 1 amide bonds. The van der Waals surface area contributed by atoms with Gasteiger partial charge in [-0.25, -0.2) is 13.1 Å². The van der Waals surface area contributed by atoms with Crippen LogP contribution in [0.1, 0.15) is 26.3 Å². The van der Waals surface area contributed by atoms with Crippen LogP contribution in [-0.4, -0.2) is 24.8 Å². The molecule has 0 spiro atoms. The van der Waals surface area contributed by atoms with Crippen molar-refractivity contribution >= 4 is 33.4 Å². The van der Waals surface area contributed by atoms with Gasteiger partial charge in [0, 0.05) is 23.4 Å². The molecule has 28 heavy (non-hydrogen) atoms. The minimum atomic E-state index is -3.66. The van der Waals surface area contributed by atoms with Crippen molar-refractivity contribution < 1.29 is 18.1 Å². The molecular formula is C19H21N3O5S. The van der Waals surface area contributed by atoms with E-state index in [-0.39, 0.29) is 10.6 Å². The Hall–Kier alpha value is -3.04. The van der Waals surface area contributed by atoms with Gasteiger partial charge in [-0.3, -0.25) is 14.9 Å². The monoisotopic (exact) mass is 403 g/mol. The number of amides is 1. The van der Waals surface area contributed by atoms with Crippen LogP contribution in [0.3, 0.4) is 0 Å². The molecule has 0 bridgehead atoms. The maximum atomic E-state index is 12.3. The summed E-state index contributed by atoms with van der Waals surface area (Å²) in [6, 6.07) is 11.8. The molecule has 0 aromatic heterocycles. The van der Waals surface area contributed by atoms with E-state index < -0.39 is 26.4 Å². The van der Waals surface area contributed by atoms with Crippen LogP contribution in [0.5, 0.6) is 0 Å². The molecule has 0 radical (unpaired) electrons. The summed E-state index contributed by atoms with van der Waals surface area (Å²) >= 11 is 0. The Balaban J connectivity index is 2.09. The summed E-state index contributed by atoms with van der Waals surface area (Å²) in [6.45, 7) is 5.22. The lowest BCUT2D eigenvalue weighted by Crippen LogP contribution is -2.40. The number of nitrogens with one attached hydrogen (secondary N) is 2. The SMILES string of the molecule is CC(C)(C)NS(=O)(=O)c1ccc(NC(=O)C=Cc2ccccc2[N+](=O)[O-])cc1. The topological polar surface area (TPSA) is 118 Å². The molecule has 0 aliphatic heterocycles. The van der Waals surface area contributed by atoms with Crippen molar-refractivity contribution in [2.75, 3.05) is 5.32 Å². The van der Waals surface area contributed by atoms with E-state index in [1.165, 1.54) is 48.6 Å². The molecule has 0 saturated heterocycles. The quantitative estimate of drug-likeness (QED) is 0.436. The molecule has 8 nitrogen and oxygen atoms in total. The van der Waals surface area contributed by atoms with Gasteiger partial charge in [0.1, 0.15) is 0 Å². The predicted molar refractivity (Wildman–Crippen MR) is 107 cm³/mol. The molecule has 2 N–H and O–H groups in total. The number of nitro groups is 1. The first-order valence-corrected chi connectivity index (χ1v) is 9.83. The summed E-state index contributed by atoms with van der Waals surface area (Å²) in [6.07, 6.45) is 2.52. The van der Waals surface area contributed by atoms with E-state index >= 15 is 0 Å². The zero-order chi connectivity index (χ0) is 20.9. The molecule has 2 aromatic carbocycles. The molecule has 0 heterocycles. The smallest absolute Gasteiger partial charge is 0.276 e. The molecule has 0 unspecified atom stereocenters. The molecule has 0 fully saturated rings. The highest BCUT2D eigenvalue weighted by Crippen LogP contribution is 2.19. The van der Waals surface area contributed by atoms with Crippen LogP contribution in [0.2, 0.25) is 0 Å². The fraction of sp³-hybridized carbons (Fsp3) is 0.211. The van der Waals surface area contributed by atoms with Crippen molar-refractivity contribution in [3.63, 3.8) is 0 Å². The van der Waals surface area contributed by atoms with Gasteiger partial charge in [0.15, 0.2) is 0 Å². The Kier molecular flexibility index (Phi) is 6.32. The van der Waals surface area contributed by atoms with Crippen molar-refractivity contribution in [1.82, 2.24) is 4.72 Å². The fourth-order valence-corrected chi connectivity index (χ4v) is 3.74. The first-order valence-electron chi connectivity index (χ1n) is 8.34. The predicted octanol–water partition coefficient (Wildman–Crippen LogP) is 3.32. The highest BCUT2D eigenvalue weighted by Gasteiger charge is 2.21. The maximum Gasteiger partial charge on any atom is 0.276 e. The average molecular weight is 403 g/mol. The van der Waals surface area contributed by atoms with Crippen molar-refractivity contribution in [1.29, 1.82) is 0 Å². The summed E-state index contributed by atoms with van der Waals surface area (Å²) in [5.74, 6) is -0.499. The van der Waals surface area contributed by atoms with Gasteiger partial charge in [-0.05, 0) is 57.2 Å². The second-order valence-corrected chi connectivity index (χ2v) is 8.70. The number of rotatable bonds is 6. The fourth-order valence-electron chi connectivity index (χ4n) is 2.32. The number of carbonyl (C=O) groups excluding carboxylic acids is 1. The Morgan fingerprint density at radius 2 is 1.68 bits per heavy atom. The first-order chi connectivity index (χ1) is 13.0. The van der Waals surface area contributed by atoms with E-state index in [1.807, 2.05) is 0 Å². The van der Waals surface area contributed by atoms with E-state index in [2.05, 4.69) is 10.0 Å². The van der Waals surface area contributed by atoms with E-state index in [9.17, 15) is 23.3 Å². The van der Waals surface area contributed by atoms with Gasteiger partial charge in [-0.1, -0.05) is 12.1 Å². The van der Waals surface area contributed by atoms with Gasteiger partial charge < -0.3 is 5.32 Å². The van der Waals surface area contributed by atoms with Gasteiger partial charge in [-0.2, -0.15) is 0 Å². The lowest BCUT2D eigenvalue weighted by Gasteiger charge is -2.20. The Morgan fingerprint density at radius 3 is 2.25 bits per heavy atom. The van der Waals surface area contributed by atoms with Crippen molar-refractivity contribution in [2.45, 2.75) is 31.2 Å². The molecule has 148 valence electrons. The van der Waals surface area contributed by atoms with Gasteiger partial charge in [0.2, 0.25) is 15.9 Å². The van der Waals surface area contributed by atoms with Crippen LogP contribution in [0.15, 0.2) is 59.5 Å². The Morgan fingerprint density at radius 1 is 1.07 bits per heavy atom. The summed E-state index contributed by atoms with van der Waals surface area (Å²) in [7, 11) is -3.66. The third-order valence-corrected chi connectivity index (χ3v) is 5.19. The zero-order valence-corrected chi connectivity index (χ0v) is 16.5. The maximum absolute atomic E-state index is 12.3. The van der Waals surface area contributed by atoms with Crippen molar-refractivity contribution in [2.24, 2.45) is 0 Å². The minimum Gasteiger partial charge on any atom is -0.323 e. The third-order valence-electron chi connectivity index (χ3n) is 3.42. The average Bonchev–Trinajstić information content (AvgIpc) is 2.58. The molecule has 9 heteroatoms. The van der Waals surface area contributed by atoms with E-state index in [0.29, 0.717) is 11.3 Å². The van der Waals surface area contributed by atoms with Crippen molar-refractivity contribution in [3.05, 3.63) is 70.3 Å². The lowest BCUT2D eigenvalue weighted by atomic mass is 10.1. The highest BCUT2D eigenvalue weighted by atomic mass is 32.2. The number of hydrogen-bond acceptors (Lipinski definition) is 5. The van der Waals surface area contributed by atoms with Gasteiger partial charge in [0.05, 0.1) is 15.4 Å². The number of nitro benzene ring substituents is 1. The molecular weight excluding hydrogens is 382 g/mol. The Labute approximate surface area is 163 Å². The molecule has 2 aromatic rings. The molecule has 2 rings (SSSR count). The summed E-state index contributed by atoms with van der Waals surface area (Å²) in [4.78, 5) is 22.6.